The highest BCUT2D eigenvalue weighted by molar-refractivity contribution is 5.82. The maximum Gasteiger partial charge on any atom is 0.116 e. The van der Waals surface area contributed by atoms with Crippen molar-refractivity contribution in [3.63, 3.8) is 0 Å². The van der Waals surface area contributed by atoms with Crippen molar-refractivity contribution >= 4 is 10.9 Å². The van der Waals surface area contributed by atoms with E-state index in [-0.39, 0.29) is 0 Å². The summed E-state index contributed by atoms with van der Waals surface area (Å²) in [6.07, 6.45) is 0. The predicted molar refractivity (Wildman–Crippen MR) is 69.5 cm³/mol. The van der Waals surface area contributed by atoms with Crippen molar-refractivity contribution in [2.75, 3.05) is 7.05 Å². The Balaban J connectivity index is 2.40. The third kappa shape index (κ3) is 2.21. The van der Waals surface area contributed by atoms with Crippen LogP contribution in [0.1, 0.15) is 12.6 Å². The van der Waals surface area contributed by atoms with Gasteiger partial charge < -0.3 is 14.6 Å². The molecule has 3 heteroatoms. The fourth-order valence-corrected chi connectivity index (χ4v) is 2.02. The molecular formula is C14H16N2O. The highest BCUT2D eigenvalue weighted by atomic mass is 16.3. The summed E-state index contributed by atoms with van der Waals surface area (Å²) in [7, 11) is 3.99. The Bertz CT molecular complexity index is 602. The van der Waals surface area contributed by atoms with E-state index >= 15 is 0 Å². The Morgan fingerprint density at radius 1 is 1.35 bits per heavy atom. The van der Waals surface area contributed by atoms with Gasteiger partial charge in [-0.15, -0.1) is 0 Å². The summed E-state index contributed by atoms with van der Waals surface area (Å²) in [5.41, 5.74) is 2.30. The van der Waals surface area contributed by atoms with Crippen LogP contribution < -0.4 is 0 Å². The van der Waals surface area contributed by atoms with Gasteiger partial charge >= 0.3 is 0 Å². The topological polar surface area (TPSA) is 28.4 Å². The Hall–Kier alpha value is -2.08. The number of benzene rings is 1. The lowest BCUT2D eigenvalue weighted by molar-refractivity contribution is 0.463. The molecule has 17 heavy (non-hydrogen) atoms. The van der Waals surface area contributed by atoms with E-state index in [0.717, 1.165) is 17.4 Å². The van der Waals surface area contributed by atoms with Gasteiger partial charge in [0.1, 0.15) is 5.75 Å². The second-order valence-electron chi connectivity index (χ2n) is 4.16. The van der Waals surface area contributed by atoms with Gasteiger partial charge in [-0.2, -0.15) is 0 Å². The molecule has 2 rings (SSSR count). The van der Waals surface area contributed by atoms with Crippen LogP contribution >= 0.6 is 0 Å². The van der Waals surface area contributed by atoms with Gasteiger partial charge in [0.25, 0.3) is 0 Å². The summed E-state index contributed by atoms with van der Waals surface area (Å²) in [4.78, 5) is 1.95. The van der Waals surface area contributed by atoms with Gasteiger partial charge in [-0.1, -0.05) is 5.92 Å². The molecule has 0 radical (unpaired) electrons. The van der Waals surface area contributed by atoms with E-state index in [4.69, 9.17) is 0 Å². The third-order valence-corrected chi connectivity index (χ3v) is 2.83. The molecule has 1 heterocycles. The van der Waals surface area contributed by atoms with Crippen molar-refractivity contribution in [2.45, 2.75) is 13.5 Å². The summed E-state index contributed by atoms with van der Waals surface area (Å²) >= 11 is 0. The molecule has 0 fully saturated rings. The first kappa shape index (κ1) is 11.4. The normalized spacial score (nSPS) is 10.1. The molecule has 1 aromatic heterocycles. The van der Waals surface area contributed by atoms with Crippen LogP contribution in [0.25, 0.3) is 10.9 Å². The minimum Gasteiger partial charge on any atom is -0.508 e. The van der Waals surface area contributed by atoms with Crippen LogP contribution in [-0.2, 0) is 13.6 Å². The summed E-state index contributed by atoms with van der Waals surface area (Å²) in [6.45, 7) is 2.60. The third-order valence-electron chi connectivity index (χ3n) is 2.83. The average Bonchev–Trinajstić information content (AvgIpc) is 2.55. The number of aryl methyl sites for hydroxylation is 1. The van der Waals surface area contributed by atoms with Gasteiger partial charge in [-0.3, -0.25) is 0 Å². The number of phenols is 1. The number of nitrogens with zero attached hydrogens (tertiary/aromatic N) is 2. The van der Waals surface area contributed by atoms with Crippen LogP contribution in [0.2, 0.25) is 0 Å². The quantitative estimate of drug-likeness (QED) is 0.631. The lowest BCUT2D eigenvalue weighted by atomic mass is 10.2. The smallest absolute Gasteiger partial charge is 0.116 e. The van der Waals surface area contributed by atoms with Gasteiger partial charge in [0.15, 0.2) is 0 Å². The Kier molecular flexibility index (Phi) is 2.97. The van der Waals surface area contributed by atoms with E-state index in [9.17, 15) is 5.11 Å². The molecule has 0 amide bonds. The lowest BCUT2D eigenvalue weighted by Crippen LogP contribution is -2.13. The summed E-state index contributed by atoms with van der Waals surface area (Å²) in [5, 5.41) is 10.5. The first-order valence-electron chi connectivity index (χ1n) is 5.52. The maximum absolute atomic E-state index is 9.45. The second kappa shape index (κ2) is 4.42. The van der Waals surface area contributed by atoms with Gasteiger partial charge in [0, 0.05) is 36.7 Å². The number of fused-ring (bicyclic) bond motifs is 1. The van der Waals surface area contributed by atoms with Gasteiger partial charge in [0.2, 0.25) is 0 Å². The molecule has 1 N–H and O–H groups in total. The Morgan fingerprint density at radius 2 is 2.12 bits per heavy atom. The van der Waals surface area contributed by atoms with Crippen molar-refractivity contribution < 1.29 is 5.11 Å². The van der Waals surface area contributed by atoms with Crippen molar-refractivity contribution in [3.8, 4) is 17.7 Å². The second-order valence-corrected chi connectivity index (χ2v) is 4.16. The van der Waals surface area contributed by atoms with E-state index in [2.05, 4.69) is 22.6 Å². The number of rotatable bonds is 2. The zero-order valence-electron chi connectivity index (χ0n) is 10.4. The lowest BCUT2D eigenvalue weighted by Gasteiger charge is -2.11. The zero-order chi connectivity index (χ0) is 12.4. The molecular weight excluding hydrogens is 212 g/mol. The Labute approximate surface area is 101 Å². The zero-order valence-corrected chi connectivity index (χ0v) is 10.4. The highest BCUT2D eigenvalue weighted by Crippen LogP contribution is 2.23. The van der Waals surface area contributed by atoms with E-state index in [1.54, 1.807) is 12.1 Å². The number of hydrogen-bond acceptors (Lipinski definition) is 2. The first-order chi connectivity index (χ1) is 8.11. The fourth-order valence-electron chi connectivity index (χ4n) is 2.02. The molecule has 0 saturated heterocycles. The van der Waals surface area contributed by atoms with Crippen molar-refractivity contribution in [2.24, 2.45) is 7.05 Å². The standard InChI is InChI=1S/C14H16N2O/c1-4-7-15(2)10-12-8-11-9-13(17)5-6-14(11)16(12)3/h5-6,8-9,17H,10H2,1-3H3. The number of hydrogen-bond donors (Lipinski definition) is 1. The summed E-state index contributed by atoms with van der Waals surface area (Å²) in [6, 6.07) is 10.5. The van der Waals surface area contributed by atoms with Crippen LogP contribution in [0, 0.1) is 12.0 Å². The fraction of sp³-hybridized carbons (Fsp3) is 0.286. The molecule has 0 saturated carbocycles. The minimum absolute atomic E-state index is 0.302. The predicted octanol–water partition coefficient (Wildman–Crippen LogP) is 2.30. The maximum atomic E-state index is 9.45. The monoisotopic (exact) mass is 228 g/mol. The largest absolute Gasteiger partial charge is 0.508 e. The van der Waals surface area contributed by atoms with Crippen molar-refractivity contribution in [1.29, 1.82) is 0 Å². The van der Waals surface area contributed by atoms with Crippen LogP contribution in [0.4, 0.5) is 0 Å². The Morgan fingerprint density at radius 3 is 2.82 bits per heavy atom. The van der Waals surface area contributed by atoms with Gasteiger partial charge in [-0.05, 0) is 31.2 Å². The van der Waals surface area contributed by atoms with Crippen LogP contribution in [0.15, 0.2) is 24.3 Å². The summed E-state index contributed by atoms with van der Waals surface area (Å²) in [5.74, 6) is 3.18. The van der Waals surface area contributed by atoms with Gasteiger partial charge in [0.05, 0.1) is 6.54 Å². The van der Waals surface area contributed by atoms with Crippen LogP contribution in [0.5, 0.6) is 5.75 Å². The molecule has 3 nitrogen and oxygen atoms in total. The van der Waals surface area contributed by atoms with Crippen LogP contribution in [0.3, 0.4) is 0 Å². The molecule has 88 valence electrons. The molecule has 0 aliphatic heterocycles. The SMILES string of the molecule is CC#CN(C)Cc1cc2cc(O)ccc2n1C. The van der Waals surface area contributed by atoms with E-state index < -0.39 is 0 Å². The average molecular weight is 228 g/mol. The highest BCUT2D eigenvalue weighted by Gasteiger charge is 2.07. The molecule has 0 atom stereocenters. The number of phenolic OH excluding ortho intramolecular Hbond substituents is 1. The van der Waals surface area contributed by atoms with Crippen molar-refractivity contribution in [3.05, 3.63) is 30.0 Å². The van der Waals surface area contributed by atoms with Crippen molar-refractivity contribution in [1.82, 2.24) is 9.47 Å². The van der Waals surface area contributed by atoms with E-state index in [1.165, 1.54) is 5.69 Å². The van der Waals surface area contributed by atoms with Gasteiger partial charge in [-0.25, -0.2) is 0 Å². The molecule has 1 aromatic carbocycles. The molecule has 0 aliphatic carbocycles. The molecule has 0 spiro atoms. The van der Waals surface area contributed by atoms with E-state index in [0.29, 0.717) is 5.75 Å². The number of aromatic nitrogens is 1. The first-order valence-corrected chi connectivity index (χ1v) is 5.52. The summed E-state index contributed by atoms with van der Waals surface area (Å²) < 4.78 is 2.13. The van der Waals surface area contributed by atoms with E-state index in [1.807, 2.05) is 32.0 Å². The number of aromatic hydroxyl groups is 1. The molecule has 0 aliphatic rings. The molecule has 0 unspecified atom stereocenters. The molecule has 2 aromatic rings. The molecule has 0 bridgehead atoms. The van der Waals surface area contributed by atoms with Crippen LogP contribution in [-0.4, -0.2) is 21.6 Å². The minimum atomic E-state index is 0.302.